The Bertz CT molecular complexity index is 670. The molecule has 0 radical (unpaired) electrons. The van der Waals surface area contributed by atoms with Gasteiger partial charge >= 0.3 is 0 Å². The number of hydrogen-bond acceptors (Lipinski definition) is 2. The minimum atomic E-state index is 0.865. The van der Waals surface area contributed by atoms with Crippen molar-refractivity contribution in [1.29, 1.82) is 0 Å². The molecule has 0 saturated heterocycles. The summed E-state index contributed by atoms with van der Waals surface area (Å²) in [5.74, 6) is 0.865. The van der Waals surface area contributed by atoms with Crippen molar-refractivity contribution in [2.45, 2.75) is 6.92 Å². The lowest BCUT2D eigenvalue weighted by Gasteiger charge is -1.97. The van der Waals surface area contributed by atoms with Gasteiger partial charge in [0.05, 0.1) is 18.1 Å². The predicted molar refractivity (Wildman–Crippen MR) is 64.9 cm³/mol. The largest absolute Gasteiger partial charge is 0.497 e. The quantitative estimate of drug-likeness (QED) is 0.673. The number of fused-ring (bicyclic) bond motifs is 3. The van der Waals surface area contributed by atoms with Crippen molar-refractivity contribution in [2.24, 2.45) is 0 Å². The second-order valence-corrected chi connectivity index (χ2v) is 3.92. The zero-order valence-corrected chi connectivity index (χ0v) is 9.24. The van der Waals surface area contributed by atoms with Crippen LogP contribution in [0.15, 0.2) is 30.6 Å². The zero-order valence-electron chi connectivity index (χ0n) is 9.24. The Morgan fingerprint density at radius 2 is 2.06 bits per heavy atom. The van der Waals surface area contributed by atoms with Gasteiger partial charge in [0.15, 0.2) is 0 Å². The second kappa shape index (κ2) is 3.23. The SMILES string of the molecule is COc1ccc2c(c1)[nH]c1c(C)cncc12. The monoisotopic (exact) mass is 212 g/mol. The third-order valence-corrected chi connectivity index (χ3v) is 2.91. The molecule has 0 aliphatic heterocycles. The molecule has 0 unspecified atom stereocenters. The number of nitrogens with zero attached hydrogens (tertiary/aromatic N) is 1. The summed E-state index contributed by atoms with van der Waals surface area (Å²) in [6.45, 7) is 2.06. The molecule has 0 fully saturated rings. The van der Waals surface area contributed by atoms with Crippen molar-refractivity contribution < 1.29 is 4.74 Å². The van der Waals surface area contributed by atoms with Gasteiger partial charge in [0.25, 0.3) is 0 Å². The van der Waals surface area contributed by atoms with Gasteiger partial charge in [0, 0.05) is 29.2 Å². The molecule has 3 nitrogen and oxygen atoms in total. The summed E-state index contributed by atoms with van der Waals surface area (Å²) >= 11 is 0. The minimum absolute atomic E-state index is 0.865. The average molecular weight is 212 g/mol. The standard InChI is InChI=1S/C13H12N2O/c1-8-6-14-7-11-10-4-3-9(16-2)5-12(10)15-13(8)11/h3-7,15H,1-2H3. The van der Waals surface area contributed by atoms with Gasteiger partial charge in [-0.1, -0.05) is 0 Å². The molecule has 0 aliphatic rings. The van der Waals surface area contributed by atoms with Crippen LogP contribution in [0, 0.1) is 6.92 Å². The lowest BCUT2D eigenvalue weighted by Crippen LogP contribution is -1.80. The van der Waals surface area contributed by atoms with Crippen molar-refractivity contribution in [3.05, 3.63) is 36.2 Å². The minimum Gasteiger partial charge on any atom is -0.497 e. The summed E-state index contributed by atoms with van der Waals surface area (Å²) in [5, 5.41) is 2.35. The van der Waals surface area contributed by atoms with Crippen LogP contribution in [0.5, 0.6) is 5.75 Å². The van der Waals surface area contributed by atoms with E-state index < -0.39 is 0 Å². The van der Waals surface area contributed by atoms with Crippen LogP contribution in [0.1, 0.15) is 5.56 Å². The Kier molecular flexibility index (Phi) is 1.86. The summed E-state index contributed by atoms with van der Waals surface area (Å²) < 4.78 is 5.21. The zero-order chi connectivity index (χ0) is 11.1. The summed E-state index contributed by atoms with van der Waals surface area (Å²) in [4.78, 5) is 7.63. The van der Waals surface area contributed by atoms with E-state index in [9.17, 15) is 0 Å². The maximum Gasteiger partial charge on any atom is 0.120 e. The predicted octanol–water partition coefficient (Wildman–Crippen LogP) is 3.03. The third-order valence-electron chi connectivity index (χ3n) is 2.91. The number of aryl methyl sites for hydroxylation is 1. The maximum atomic E-state index is 5.21. The number of hydrogen-bond donors (Lipinski definition) is 1. The number of aromatic amines is 1. The van der Waals surface area contributed by atoms with Crippen LogP contribution >= 0.6 is 0 Å². The summed E-state index contributed by atoms with van der Waals surface area (Å²) in [6, 6.07) is 6.04. The number of ether oxygens (including phenoxy) is 1. The van der Waals surface area contributed by atoms with Gasteiger partial charge in [-0.2, -0.15) is 0 Å². The van der Waals surface area contributed by atoms with Gasteiger partial charge in [-0.05, 0) is 24.6 Å². The van der Waals surface area contributed by atoms with Crippen LogP contribution in [0.25, 0.3) is 21.8 Å². The third kappa shape index (κ3) is 1.18. The van der Waals surface area contributed by atoms with Crippen LogP contribution in [0.2, 0.25) is 0 Å². The molecule has 3 aromatic rings. The van der Waals surface area contributed by atoms with E-state index in [2.05, 4.69) is 23.0 Å². The molecule has 2 heterocycles. The lowest BCUT2D eigenvalue weighted by atomic mass is 10.1. The molecule has 0 bridgehead atoms. The normalized spacial score (nSPS) is 11.1. The molecular weight excluding hydrogens is 200 g/mol. The van der Waals surface area contributed by atoms with Crippen LogP contribution < -0.4 is 4.74 Å². The summed E-state index contributed by atoms with van der Waals surface area (Å²) in [5.41, 5.74) is 3.40. The summed E-state index contributed by atoms with van der Waals surface area (Å²) in [6.07, 6.45) is 3.77. The number of aromatic nitrogens is 2. The van der Waals surface area contributed by atoms with E-state index in [1.165, 1.54) is 5.39 Å². The molecule has 1 N–H and O–H groups in total. The van der Waals surface area contributed by atoms with Crippen LogP contribution in [-0.2, 0) is 0 Å². The number of benzene rings is 1. The molecule has 3 rings (SSSR count). The van der Waals surface area contributed by atoms with E-state index >= 15 is 0 Å². The molecule has 0 saturated carbocycles. The molecule has 0 aliphatic carbocycles. The van der Waals surface area contributed by atoms with Gasteiger partial charge < -0.3 is 9.72 Å². The Labute approximate surface area is 93.1 Å². The number of nitrogens with one attached hydrogen (secondary N) is 1. The molecule has 0 atom stereocenters. The average Bonchev–Trinajstić information content (AvgIpc) is 2.68. The Hall–Kier alpha value is -2.03. The summed E-state index contributed by atoms with van der Waals surface area (Å²) in [7, 11) is 1.68. The number of pyridine rings is 1. The van der Waals surface area contributed by atoms with Gasteiger partial charge in [0.2, 0.25) is 0 Å². The van der Waals surface area contributed by atoms with Crippen molar-refractivity contribution >= 4 is 21.8 Å². The Morgan fingerprint density at radius 1 is 1.19 bits per heavy atom. The van der Waals surface area contributed by atoms with E-state index in [1.807, 2.05) is 24.5 Å². The van der Waals surface area contributed by atoms with Crippen molar-refractivity contribution in [3.63, 3.8) is 0 Å². The lowest BCUT2D eigenvalue weighted by molar-refractivity contribution is 0.415. The first-order valence-electron chi connectivity index (χ1n) is 5.19. The van der Waals surface area contributed by atoms with E-state index in [4.69, 9.17) is 4.74 Å². The fraction of sp³-hybridized carbons (Fsp3) is 0.154. The molecule has 1 aromatic carbocycles. The highest BCUT2D eigenvalue weighted by molar-refractivity contribution is 6.08. The fourth-order valence-corrected chi connectivity index (χ4v) is 2.06. The topological polar surface area (TPSA) is 37.9 Å². The molecule has 3 heteroatoms. The first-order valence-corrected chi connectivity index (χ1v) is 5.19. The van der Waals surface area contributed by atoms with Gasteiger partial charge in [-0.15, -0.1) is 0 Å². The molecule has 0 amide bonds. The Morgan fingerprint density at radius 3 is 2.88 bits per heavy atom. The molecule has 80 valence electrons. The fourth-order valence-electron chi connectivity index (χ4n) is 2.06. The number of H-pyrrole nitrogens is 1. The second-order valence-electron chi connectivity index (χ2n) is 3.92. The van der Waals surface area contributed by atoms with E-state index in [0.717, 1.165) is 27.7 Å². The smallest absolute Gasteiger partial charge is 0.120 e. The first-order chi connectivity index (χ1) is 7.79. The van der Waals surface area contributed by atoms with Crippen LogP contribution in [0.4, 0.5) is 0 Å². The van der Waals surface area contributed by atoms with E-state index in [0.29, 0.717) is 0 Å². The highest BCUT2D eigenvalue weighted by Gasteiger charge is 2.06. The van der Waals surface area contributed by atoms with Gasteiger partial charge in [-0.3, -0.25) is 4.98 Å². The number of methoxy groups -OCH3 is 1. The molecule has 2 aromatic heterocycles. The van der Waals surface area contributed by atoms with Crippen LogP contribution in [0.3, 0.4) is 0 Å². The highest BCUT2D eigenvalue weighted by Crippen LogP contribution is 2.28. The highest BCUT2D eigenvalue weighted by atomic mass is 16.5. The number of rotatable bonds is 1. The molecule has 16 heavy (non-hydrogen) atoms. The first kappa shape index (κ1) is 9.21. The van der Waals surface area contributed by atoms with Crippen molar-refractivity contribution in [2.75, 3.05) is 7.11 Å². The van der Waals surface area contributed by atoms with Gasteiger partial charge in [0.1, 0.15) is 5.75 Å². The van der Waals surface area contributed by atoms with Crippen molar-refractivity contribution in [1.82, 2.24) is 9.97 Å². The van der Waals surface area contributed by atoms with E-state index in [-0.39, 0.29) is 0 Å². The van der Waals surface area contributed by atoms with Gasteiger partial charge in [-0.25, -0.2) is 0 Å². The Balaban J connectivity index is 2.45. The van der Waals surface area contributed by atoms with Crippen LogP contribution in [-0.4, -0.2) is 17.1 Å². The molecule has 0 spiro atoms. The maximum absolute atomic E-state index is 5.21. The van der Waals surface area contributed by atoms with Crippen molar-refractivity contribution in [3.8, 4) is 5.75 Å². The van der Waals surface area contributed by atoms with E-state index in [1.54, 1.807) is 7.11 Å². The molecular formula is C13H12N2O.